The molecule has 1 aromatic carbocycles. The van der Waals surface area contributed by atoms with E-state index < -0.39 is 0 Å². The van der Waals surface area contributed by atoms with Gasteiger partial charge in [0, 0.05) is 23.9 Å². The lowest BCUT2D eigenvalue weighted by molar-refractivity contribution is 0.0877. The second-order valence-electron chi connectivity index (χ2n) is 6.49. The Kier molecular flexibility index (Phi) is 3.53. The van der Waals surface area contributed by atoms with Gasteiger partial charge in [-0.1, -0.05) is 32.0 Å². The normalized spacial score (nSPS) is 20.0. The number of fused-ring (bicyclic) bond motifs is 1. The second-order valence-corrected chi connectivity index (χ2v) is 6.49. The number of aromatic nitrogens is 3. The summed E-state index contributed by atoms with van der Waals surface area (Å²) in [5.41, 5.74) is 4.39. The van der Waals surface area contributed by atoms with Crippen molar-refractivity contribution in [1.29, 1.82) is 0 Å². The molecule has 0 saturated heterocycles. The molecule has 1 aliphatic rings. The van der Waals surface area contributed by atoms with E-state index in [0.29, 0.717) is 5.92 Å². The Morgan fingerprint density at radius 2 is 1.88 bits per heavy atom. The molecule has 2 heterocycles. The zero-order valence-corrected chi connectivity index (χ0v) is 13.8. The highest BCUT2D eigenvalue weighted by molar-refractivity contribution is 6.05. The van der Waals surface area contributed by atoms with E-state index >= 15 is 0 Å². The van der Waals surface area contributed by atoms with Gasteiger partial charge < -0.3 is 0 Å². The zero-order valence-electron chi connectivity index (χ0n) is 13.8. The molecular formula is C20H19N3O. The molecule has 2 aromatic heterocycles. The van der Waals surface area contributed by atoms with Crippen molar-refractivity contribution < 1.29 is 4.79 Å². The van der Waals surface area contributed by atoms with Crippen molar-refractivity contribution in [2.24, 2.45) is 11.8 Å². The smallest absolute Gasteiger partial charge is 0.170 e. The first-order valence-electron chi connectivity index (χ1n) is 8.28. The number of pyridine rings is 1. The third-order valence-electron chi connectivity index (χ3n) is 4.92. The molecular weight excluding hydrogens is 298 g/mol. The van der Waals surface area contributed by atoms with Crippen LogP contribution in [0.1, 0.15) is 29.9 Å². The fourth-order valence-electron chi connectivity index (χ4n) is 3.36. The molecule has 24 heavy (non-hydrogen) atoms. The largest absolute Gasteiger partial charge is 0.294 e. The Balaban J connectivity index is 2.01. The highest BCUT2D eigenvalue weighted by Gasteiger charge is 2.36. The van der Waals surface area contributed by atoms with E-state index in [1.54, 1.807) is 12.4 Å². The lowest BCUT2D eigenvalue weighted by Gasteiger charge is -2.23. The summed E-state index contributed by atoms with van der Waals surface area (Å²) in [5, 5.41) is 4.80. The third-order valence-corrected chi connectivity index (χ3v) is 4.92. The number of nitrogens with zero attached hydrogens (tertiary/aromatic N) is 3. The number of hydrogen-bond donors (Lipinski definition) is 0. The molecule has 120 valence electrons. The average Bonchev–Trinajstić information content (AvgIpc) is 3.00. The Labute approximate surface area is 141 Å². The topological polar surface area (TPSA) is 47.8 Å². The van der Waals surface area contributed by atoms with E-state index in [2.05, 4.69) is 11.9 Å². The van der Waals surface area contributed by atoms with Crippen LogP contribution in [0.3, 0.4) is 0 Å². The first-order chi connectivity index (χ1) is 11.7. The van der Waals surface area contributed by atoms with Crippen LogP contribution < -0.4 is 0 Å². The molecule has 1 aliphatic carbocycles. The van der Waals surface area contributed by atoms with Gasteiger partial charge in [0.2, 0.25) is 0 Å². The molecule has 0 saturated carbocycles. The molecule has 4 nitrogen and oxygen atoms in total. The standard InChI is InChI=1S/C20H19N3O/c1-13-11-17-18(20(24)14(13)2)19(15-7-6-10-21-12-15)23(22-17)16-8-4-3-5-9-16/h3-10,12-14H,11H2,1-2H3/t13-,14+/m0/s1. The minimum Gasteiger partial charge on any atom is -0.294 e. The molecule has 0 aliphatic heterocycles. The Morgan fingerprint density at radius 3 is 2.58 bits per heavy atom. The van der Waals surface area contributed by atoms with Gasteiger partial charge in [-0.2, -0.15) is 5.10 Å². The summed E-state index contributed by atoms with van der Waals surface area (Å²) >= 11 is 0. The Bertz CT molecular complexity index is 884. The quantitative estimate of drug-likeness (QED) is 0.719. The van der Waals surface area contributed by atoms with Crippen LogP contribution in [0.4, 0.5) is 0 Å². The van der Waals surface area contributed by atoms with Crippen molar-refractivity contribution >= 4 is 5.78 Å². The van der Waals surface area contributed by atoms with Gasteiger partial charge in [-0.25, -0.2) is 4.68 Å². The van der Waals surface area contributed by atoms with Crippen molar-refractivity contribution in [2.75, 3.05) is 0 Å². The number of benzene rings is 1. The van der Waals surface area contributed by atoms with Gasteiger partial charge in [-0.15, -0.1) is 0 Å². The van der Waals surface area contributed by atoms with E-state index in [-0.39, 0.29) is 11.7 Å². The van der Waals surface area contributed by atoms with Crippen molar-refractivity contribution in [3.63, 3.8) is 0 Å². The van der Waals surface area contributed by atoms with E-state index in [1.165, 1.54) is 0 Å². The molecule has 3 aromatic rings. The number of carbonyl (C=O) groups is 1. The first-order valence-corrected chi connectivity index (χ1v) is 8.28. The zero-order chi connectivity index (χ0) is 16.7. The minimum atomic E-state index is 0.0151. The molecule has 0 spiro atoms. The SMILES string of the molecule is C[C@H]1Cc2nn(-c3ccccc3)c(-c3cccnc3)c2C(=O)[C@@H]1C. The van der Waals surface area contributed by atoms with Gasteiger partial charge in [-0.3, -0.25) is 9.78 Å². The predicted molar refractivity (Wildman–Crippen MR) is 93.2 cm³/mol. The van der Waals surface area contributed by atoms with Crippen LogP contribution in [0.15, 0.2) is 54.9 Å². The minimum absolute atomic E-state index is 0.0151. The molecule has 0 N–H and O–H groups in total. The lowest BCUT2D eigenvalue weighted by Crippen LogP contribution is -2.27. The Hall–Kier alpha value is -2.75. The van der Waals surface area contributed by atoms with Crippen LogP contribution >= 0.6 is 0 Å². The summed E-state index contributed by atoms with van der Waals surface area (Å²) in [7, 11) is 0. The average molecular weight is 317 g/mol. The predicted octanol–water partition coefficient (Wildman–Crippen LogP) is 3.95. The number of para-hydroxylation sites is 1. The summed E-state index contributed by atoms with van der Waals surface area (Å²) < 4.78 is 1.89. The van der Waals surface area contributed by atoms with Gasteiger partial charge in [0.1, 0.15) is 0 Å². The second kappa shape index (κ2) is 5.71. The maximum atomic E-state index is 13.0. The molecule has 4 rings (SSSR count). The molecule has 0 radical (unpaired) electrons. The number of rotatable bonds is 2. The van der Waals surface area contributed by atoms with Crippen molar-refractivity contribution in [2.45, 2.75) is 20.3 Å². The third kappa shape index (κ3) is 2.26. The number of ketones is 1. The maximum absolute atomic E-state index is 13.0. The number of hydrogen-bond acceptors (Lipinski definition) is 3. The summed E-state index contributed by atoms with van der Waals surface area (Å²) in [6.07, 6.45) is 4.37. The molecule has 0 unspecified atom stereocenters. The highest BCUT2D eigenvalue weighted by Crippen LogP contribution is 2.37. The van der Waals surface area contributed by atoms with Crippen molar-refractivity contribution in [1.82, 2.24) is 14.8 Å². The van der Waals surface area contributed by atoms with Gasteiger partial charge >= 0.3 is 0 Å². The van der Waals surface area contributed by atoms with Crippen LogP contribution in [0.2, 0.25) is 0 Å². The van der Waals surface area contributed by atoms with E-state index in [9.17, 15) is 4.79 Å². The number of Topliss-reactive ketones (excluding diaryl/α,β-unsaturated/α-hetero) is 1. The molecule has 0 bridgehead atoms. The van der Waals surface area contributed by atoms with Gasteiger partial charge in [0.25, 0.3) is 0 Å². The fraction of sp³-hybridized carbons (Fsp3) is 0.250. The van der Waals surface area contributed by atoms with Gasteiger partial charge in [-0.05, 0) is 36.6 Å². The molecule has 0 amide bonds. The Morgan fingerprint density at radius 1 is 1.08 bits per heavy atom. The van der Waals surface area contributed by atoms with Crippen LogP contribution in [0.25, 0.3) is 16.9 Å². The van der Waals surface area contributed by atoms with Crippen molar-refractivity contribution in [3.8, 4) is 16.9 Å². The van der Waals surface area contributed by atoms with Gasteiger partial charge in [0.05, 0.1) is 22.6 Å². The van der Waals surface area contributed by atoms with Crippen LogP contribution in [-0.2, 0) is 6.42 Å². The summed E-state index contributed by atoms with van der Waals surface area (Å²) in [6.45, 7) is 4.14. The summed E-state index contributed by atoms with van der Waals surface area (Å²) in [6, 6.07) is 13.8. The van der Waals surface area contributed by atoms with Crippen molar-refractivity contribution in [3.05, 3.63) is 66.1 Å². The monoisotopic (exact) mass is 317 g/mol. The molecule has 2 atom stereocenters. The van der Waals surface area contributed by atoms with Crippen LogP contribution in [0.5, 0.6) is 0 Å². The first kappa shape index (κ1) is 14.8. The molecule has 0 fully saturated rings. The summed E-state index contributed by atoms with van der Waals surface area (Å²) in [4.78, 5) is 17.2. The number of carbonyl (C=O) groups excluding carboxylic acids is 1. The van der Waals surface area contributed by atoms with E-state index in [0.717, 1.165) is 34.6 Å². The maximum Gasteiger partial charge on any atom is 0.170 e. The molecule has 4 heteroatoms. The van der Waals surface area contributed by atoms with E-state index in [4.69, 9.17) is 5.10 Å². The fourth-order valence-corrected chi connectivity index (χ4v) is 3.36. The summed E-state index contributed by atoms with van der Waals surface area (Å²) in [5.74, 6) is 0.511. The van der Waals surface area contributed by atoms with Crippen LogP contribution in [0, 0.1) is 11.8 Å². The lowest BCUT2D eigenvalue weighted by atomic mass is 9.78. The highest BCUT2D eigenvalue weighted by atomic mass is 16.1. The van der Waals surface area contributed by atoms with Crippen LogP contribution in [-0.4, -0.2) is 20.5 Å². The van der Waals surface area contributed by atoms with Gasteiger partial charge in [0.15, 0.2) is 5.78 Å². The van der Waals surface area contributed by atoms with E-state index in [1.807, 2.05) is 54.1 Å².